The van der Waals surface area contributed by atoms with Crippen LogP contribution in [0.2, 0.25) is 0 Å². The lowest BCUT2D eigenvalue weighted by atomic mass is 10.2. The second kappa shape index (κ2) is 3.75. The molecule has 3 rings (SSSR count). The molecule has 5 nitrogen and oxygen atoms in total. The lowest BCUT2D eigenvalue weighted by molar-refractivity contribution is 0.311. The number of fused-ring (bicyclic) bond motifs is 1. The van der Waals surface area contributed by atoms with E-state index in [2.05, 4.69) is 9.71 Å². The third-order valence-electron chi connectivity index (χ3n) is 2.98. The van der Waals surface area contributed by atoms with Crippen molar-refractivity contribution in [2.45, 2.75) is 6.42 Å². The molecule has 0 atom stereocenters. The standard InChI is InChI=1S/C11H13N3O2S/c15-17(16,14-6-3-7-14)13-11-8-12-10-5-2-1-4-9(10)11/h1-2,4-5,8,12-13H,3,6-7H2. The van der Waals surface area contributed by atoms with Crippen molar-refractivity contribution in [3.63, 3.8) is 0 Å². The summed E-state index contributed by atoms with van der Waals surface area (Å²) >= 11 is 0. The van der Waals surface area contributed by atoms with Gasteiger partial charge in [0.15, 0.2) is 0 Å². The van der Waals surface area contributed by atoms with Crippen LogP contribution in [0.25, 0.3) is 10.9 Å². The molecule has 1 aliphatic rings. The zero-order valence-electron chi connectivity index (χ0n) is 9.18. The van der Waals surface area contributed by atoms with Gasteiger partial charge in [-0.3, -0.25) is 4.72 Å². The Kier molecular flexibility index (Phi) is 2.34. The van der Waals surface area contributed by atoms with Gasteiger partial charge in [0, 0.05) is 30.2 Å². The highest BCUT2D eigenvalue weighted by Gasteiger charge is 2.27. The molecule has 2 heterocycles. The van der Waals surface area contributed by atoms with Gasteiger partial charge in [0.1, 0.15) is 0 Å². The Balaban J connectivity index is 1.95. The summed E-state index contributed by atoms with van der Waals surface area (Å²) in [6, 6.07) is 7.60. The summed E-state index contributed by atoms with van der Waals surface area (Å²) in [4.78, 5) is 3.04. The van der Waals surface area contributed by atoms with Gasteiger partial charge in [-0.1, -0.05) is 18.2 Å². The first-order chi connectivity index (χ1) is 8.17. The van der Waals surface area contributed by atoms with Crippen LogP contribution in [0.4, 0.5) is 5.69 Å². The molecule has 2 N–H and O–H groups in total. The molecule has 0 saturated carbocycles. The Bertz CT molecular complexity index is 644. The molecule has 6 heteroatoms. The van der Waals surface area contributed by atoms with Crippen LogP contribution >= 0.6 is 0 Å². The molecule has 1 fully saturated rings. The van der Waals surface area contributed by atoms with E-state index in [4.69, 9.17) is 0 Å². The number of nitrogens with one attached hydrogen (secondary N) is 2. The second-order valence-electron chi connectivity index (χ2n) is 4.11. The Morgan fingerprint density at radius 2 is 2.00 bits per heavy atom. The van der Waals surface area contributed by atoms with Gasteiger partial charge in [0.05, 0.1) is 5.69 Å². The van der Waals surface area contributed by atoms with Crippen LogP contribution in [0.5, 0.6) is 0 Å². The Morgan fingerprint density at radius 1 is 1.24 bits per heavy atom. The average Bonchev–Trinajstić information content (AvgIpc) is 2.58. The first kappa shape index (κ1) is 10.6. The van der Waals surface area contributed by atoms with Crippen LogP contribution in [0.1, 0.15) is 6.42 Å². The summed E-state index contributed by atoms with van der Waals surface area (Å²) in [5.74, 6) is 0. The molecule has 17 heavy (non-hydrogen) atoms. The lowest BCUT2D eigenvalue weighted by Gasteiger charge is -2.29. The van der Waals surface area contributed by atoms with Gasteiger partial charge >= 0.3 is 10.2 Å². The molecule has 0 spiro atoms. The van der Waals surface area contributed by atoms with Gasteiger partial charge in [-0.15, -0.1) is 0 Å². The highest BCUT2D eigenvalue weighted by atomic mass is 32.2. The van der Waals surface area contributed by atoms with E-state index in [1.165, 1.54) is 4.31 Å². The van der Waals surface area contributed by atoms with Crippen molar-refractivity contribution in [3.05, 3.63) is 30.5 Å². The summed E-state index contributed by atoms with van der Waals surface area (Å²) < 4.78 is 27.9. The Morgan fingerprint density at radius 3 is 2.71 bits per heavy atom. The zero-order chi connectivity index (χ0) is 11.9. The quantitative estimate of drug-likeness (QED) is 0.868. The van der Waals surface area contributed by atoms with Crippen LogP contribution < -0.4 is 4.72 Å². The highest BCUT2D eigenvalue weighted by molar-refractivity contribution is 7.90. The molecular weight excluding hydrogens is 238 g/mol. The molecule has 0 radical (unpaired) electrons. The number of anilines is 1. The number of H-pyrrole nitrogens is 1. The number of hydrogen-bond acceptors (Lipinski definition) is 2. The predicted molar refractivity (Wildman–Crippen MR) is 67.0 cm³/mol. The topological polar surface area (TPSA) is 65.2 Å². The number of benzene rings is 1. The SMILES string of the molecule is O=S(=O)(Nc1c[nH]c2ccccc12)N1CCC1. The molecule has 0 amide bonds. The maximum absolute atomic E-state index is 11.9. The molecule has 1 aliphatic heterocycles. The summed E-state index contributed by atoms with van der Waals surface area (Å²) in [5, 5.41) is 0.886. The van der Waals surface area contributed by atoms with Crippen LogP contribution in [0.3, 0.4) is 0 Å². The van der Waals surface area contributed by atoms with E-state index < -0.39 is 10.2 Å². The average molecular weight is 251 g/mol. The number of hydrogen-bond donors (Lipinski definition) is 2. The van der Waals surface area contributed by atoms with Gasteiger partial charge in [-0.05, 0) is 12.5 Å². The summed E-state index contributed by atoms with van der Waals surface area (Å²) in [7, 11) is -3.37. The van der Waals surface area contributed by atoms with Gasteiger partial charge in [0.25, 0.3) is 0 Å². The number of rotatable bonds is 3. The Hall–Kier alpha value is -1.53. The predicted octanol–water partition coefficient (Wildman–Crippen LogP) is 1.53. The lowest BCUT2D eigenvalue weighted by Crippen LogP contribution is -2.44. The number of nitrogens with zero attached hydrogens (tertiary/aromatic N) is 1. The molecule has 1 saturated heterocycles. The van der Waals surface area contributed by atoms with Crippen molar-refractivity contribution in [1.29, 1.82) is 0 Å². The maximum Gasteiger partial charge on any atom is 0.301 e. The van der Waals surface area contributed by atoms with Crippen molar-refractivity contribution in [3.8, 4) is 0 Å². The maximum atomic E-state index is 11.9. The van der Waals surface area contributed by atoms with E-state index in [0.717, 1.165) is 17.3 Å². The summed E-state index contributed by atoms with van der Waals surface area (Å²) in [5.41, 5.74) is 1.53. The number of para-hydroxylation sites is 1. The van der Waals surface area contributed by atoms with Gasteiger partial charge in [0.2, 0.25) is 0 Å². The second-order valence-corrected chi connectivity index (χ2v) is 5.78. The molecule has 1 aromatic carbocycles. The minimum atomic E-state index is -3.37. The monoisotopic (exact) mass is 251 g/mol. The number of aromatic nitrogens is 1. The van der Waals surface area contributed by atoms with Gasteiger partial charge < -0.3 is 4.98 Å². The fraction of sp³-hybridized carbons (Fsp3) is 0.273. The molecule has 0 unspecified atom stereocenters. The normalized spacial score (nSPS) is 16.9. The fourth-order valence-corrected chi connectivity index (χ4v) is 3.20. The zero-order valence-corrected chi connectivity index (χ0v) is 10.00. The molecule has 1 aromatic heterocycles. The minimum absolute atomic E-state index is 0.604. The van der Waals surface area contributed by atoms with Gasteiger partial charge in [-0.25, -0.2) is 0 Å². The fourth-order valence-electron chi connectivity index (χ4n) is 1.89. The molecule has 90 valence electrons. The minimum Gasteiger partial charge on any atom is -0.359 e. The van der Waals surface area contributed by atoms with E-state index in [1.54, 1.807) is 6.20 Å². The first-order valence-electron chi connectivity index (χ1n) is 5.51. The molecule has 2 aromatic rings. The number of aromatic amines is 1. The largest absolute Gasteiger partial charge is 0.359 e. The molecular formula is C11H13N3O2S. The third-order valence-corrected chi connectivity index (χ3v) is 4.51. The Labute approximate surface area is 99.6 Å². The van der Waals surface area contributed by atoms with Crippen molar-refractivity contribution in [2.24, 2.45) is 0 Å². The van der Waals surface area contributed by atoms with Crippen LogP contribution in [-0.2, 0) is 10.2 Å². The van der Waals surface area contributed by atoms with Crippen LogP contribution in [0, 0.1) is 0 Å². The molecule has 0 bridgehead atoms. The van der Waals surface area contributed by atoms with Crippen LogP contribution in [-0.4, -0.2) is 30.8 Å². The van der Waals surface area contributed by atoms with E-state index in [9.17, 15) is 8.42 Å². The van der Waals surface area contributed by atoms with Crippen molar-refractivity contribution >= 4 is 26.8 Å². The smallest absolute Gasteiger partial charge is 0.301 e. The van der Waals surface area contributed by atoms with Crippen molar-refractivity contribution < 1.29 is 8.42 Å². The van der Waals surface area contributed by atoms with Gasteiger partial charge in [-0.2, -0.15) is 12.7 Å². The highest BCUT2D eigenvalue weighted by Crippen LogP contribution is 2.25. The first-order valence-corrected chi connectivity index (χ1v) is 6.95. The summed E-state index contributed by atoms with van der Waals surface area (Å²) in [6.45, 7) is 1.22. The van der Waals surface area contributed by atoms with Crippen molar-refractivity contribution in [2.75, 3.05) is 17.8 Å². The van der Waals surface area contributed by atoms with Crippen molar-refractivity contribution in [1.82, 2.24) is 9.29 Å². The summed E-state index contributed by atoms with van der Waals surface area (Å²) in [6.07, 6.45) is 2.62. The van der Waals surface area contributed by atoms with Crippen LogP contribution in [0.15, 0.2) is 30.5 Å². The van der Waals surface area contributed by atoms with E-state index >= 15 is 0 Å². The third kappa shape index (κ3) is 1.79. The molecule has 0 aliphatic carbocycles. The van der Waals surface area contributed by atoms with E-state index in [1.807, 2.05) is 24.3 Å². The van der Waals surface area contributed by atoms with E-state index in [0.29, 0.717) is 18.8 Å². The van der Waals surface area contributed by atoms with E-state index in [-0.39, 0.29) is 0 Å².